The molecule has 106 valence electrons. The summed E-state index contributed by atoms with van der Waals surface area (Å²) >= 11 is 0. The van der Waals surface area contributed by atoms with Crippen LogP contribution < -0.4 is 0 Å². The second-order valence-corrected chi connectivity index (χ2v) is 8.79. The molecule has 0 unspecified atom stereocenters. The third-order valence-electron chi connectivity index (χ3n) is 6.31. The van der Waals surface area contributed by atoms with E-state index in [0.29, 0.717) is 28.8 Å². The quantitative estimate of drug-likeness (QED) is 0.784. The number of hydrogen-bond acceptors (Lipinski definition) is 2. The van der Waals surface area contributed by atoms with E-state index >= 15 is 0 Å². The Bertz CT molecular complexity index is 634. The first-order chi connectivity index (χ1) is 9.69. The molecule has 3 nitrogen and oxygen atoms in total. The van der Waals surface area contributed by atoms with Gasteiger partial charge in [0.05, 0.1) is 4.90 Å². The molecule has 0 N–H and O–H groups in total. The summed E-state index contributed by atoms with van der Waals surface area (Å²) in [4.78, 5) is 0.471. The van der Waals surface area contributed by atoms with Gasteiger partial charge in [-0.05, 0) is 55.1 Å². The van der Waals surface area contributed by atoms with Crippen LogP contribution in [0.25, 0.3) is 0 Å². The van der Waals surface area contributed by atoms with Crippen LogP contribution in [0.2, 0.25) is 0 Å². The van der Waals surface area contributed by atoms with Gasteiger partial charge in [-0.2, -0.15) is 4.31 Å². The molecule has 1 aromatic carbocycles. The summed E-state index contributed by atoms with van der Waals surface area (Å²) in [5.41, 5.74) is 0. The summed E-state index contributed by atoms with van der Waals surface area (Å²) in [5.74, 6) is 2.99. The molecule has 4 aliphatic rings. The minimum Gasteiger partial charge on any atom is -0.207 e. The van der Waals surface area contributed by atoms with Crippen LogP contribution in [-0.2, 0) is 10.0 Å². The first kappa shape index (κ1) is 11.8. The van der Waals surface area contributed by atoms with E-state index in [1.807, 2.05) is 22.5 Å². The summed E-state index contributed by atoms with van der Waals surface area (Å²) in [5, 5.41) is 0. The van der Waals surface area contributed by atoms with Gasteiger partial charge in [0.1, 0.15) is 0 Å². The molecule has 4 heteroatoms. The lowest BCUT2D eigenvalue weighted by Crippen LogP contribution is -2.22. The number of rotatable bonds is 2. The highest BCUT2D eigenvalue weighted by Crippen LogP contribution is 2.68. The van der Waals surface area contributed by atoms with Crippen molar-refractivity contribution in [2.45, 2.75) is 42.7 Å². The van der Waals surface area contributed by atoms with Gasteiger partial charge in [0.25, 0.3) is 0 Å². The molecule has 3 aliphatic carbocycles. The van der Waals surface area contributed by atoms with Crippen molar-refractivity contribution < 1.29 is 8.42 Å². The van der Waals surface area contributed by atoms with E-state index in [1.165, 1.54) is 25.7 Å². The van der Waals surface area contributed by atoms with Crippen LogP contribution in [0.5, 0.6) is 0 Å². The fourth-order valence-corrected chi connectivity index (χ4v) is 7.59. The Balaban J connectivity index is 1.49. The maximum absolute atomic E-state index is 12.8. The fourth-order valence-electron chi connectivity index (χ4n) is 5.70. The van der Waals surface area contributed by atoms with Crippen molar-refractivity contribution in [3.05, 3.63) is 30.3 Å². The average molecular weight is 289 g/mol. The maximum atomic E-state index is 12.8. The summed E-state index contributed by atoms with van der Waals surface area (Å²) < 4.78 is 27.4. The van der Waals surface area contributed by atoms with E-state index in [1.54, 1.807) is 12.1 Å². The fraction of sp³-hybridized carbons (Fsp3) is 0.625. The lowest BCUT2D eigenvalue weighted by Gasteiger charge is -2.21. The minimum atomic E-state index is -3.25. The smallest absolute Gasteiger partial charge is 0.207 e. The largest absolute Gasteiger partial charge is 0.243 e. The molecule has 5 rings (SSSR count). The molecule has 1 heterocycles. The number of fused-ring (bicyclic) bond motifs is 8. The number of piperidine rings is 1. The number of nitrogens with zero attached hydrogens (tertiary/aromatic N) is 1. The maximum Gasteiger partial charge on any atom is 0.243 e. The van der Waals surface area contributed by atoms with Crippen LogP contribution in [0.4, 0.5) is 0 Å². The molecule has 4 fully saturated rings. The topological polar surface area (TPSA) is 37.1 Å². The molecule has 1 saturated heterocycles. The Hall–Kier alpha value is -0.870. The van der Waals surface area contributed by atoms with E-state index in [2.05, 4.69) is 0 Å². The van der Waals surface area contributed by atoms with Gasteiger partial charge in [-0.1, -0.05) is 24.6 Å². The highest BCUT2D eigenvalue weighted by Gasteiger charge is 2.73. The SMILES string of the molecule is O=S(=O)(c1ccccc1)N1[C@@H]2[C@H]3C[C@@H]([C@@H]4CCC[C@H]43)[C@H]21. The van der Waals surface area contributed by atoms with E-state index in [4.69, 9.17) is 0 Å². The Morgan fingerprint density at radius 3 is 2.10 bits per heavy atom. The van der Waals surface area contributed by atoms with Gasteiger partial charge in [-0.15, -0.1) is 0 Å². The van der Waals surface area contributed by atoms with Crippen LogP contribution >= 0.6 is 0 Å². The van der Waals surface area contributed by atoms with Crippen molar-refractivity contribution in [3.63, 3.8) is 0 Å². The summed E-state index contributed by atoms with van der Waals surface area (Å²) in [6, 6.07) is 9.63. The molecule has 20 heavy (non-hydrogen) atoms. The predicted octanol–water partition coefficient (Wildman–Crippen LogP) is 2.49. The number of hydrogen-bond donors (Lipinski definition) is 0. The molecule has 0 amide bonds. The van der Waals surface area contributed by atoms with E-state index in [-0.39, 0.29) is 0 Å². The third kappa shape index (κ3) is 1.27. The normalized spacial score (nSPS) is 48.1. The zero-order valence-corrected chi connectivity index (χ0v) is 12.2. The second kappa shape index (κ2) is 3.66. The lowest BCUT2D eigenvalue weighted by atomic mass is 9.82. The van der Waals surface area contributed by atoms with E-state index in [9.17, 15) is 8.42 Å². The van der Waals surface area contributed by atoms with Crippen molar-refractivity contribution in [1.29, 1.82) is 0 Å². The van der Waals surface area contributed by atoms with Gasteiger partial charge in [0.2, 0.25) is 10.0 Å². The molecule has 1 aromatic rings. The standard InChI is InChI=1S/C16H19NO2S/c18-20(19,10-5-2-1-3-6-10)17-15-13-9-14(16(15)17)12-8-4-7-11(12)13/h1-3,5-6,11-16H,4,7-9H2/t11-,12-,13+,14+,15-,16-/m1/s1. The van der Waals surface area contributed by atoms with Crippen LogP contribution in [0.1, 0.15) is 25.7 Å². The van der Waals surface area contributed by atoms with Gasteiger partial charge in [0.15, 0.2) is 0 Å². The molecule has 3 saturated carbocycles. The van der Waals surface area contributed by atoms with E-state index < -0.39 is 10.0 Å². The van der Waals surface area contributed by atoms with Crippen LogP contribution in [0.3, 0.4) is 0 Å². The van der Waals surface area contributed by atoms with Gasteiger partial charge in [0, 0.05) is 12.1 Å². The van der Waals surface area contributed by atoms with Crippen molar-refractivity contribution in [2.24, 2.45) is 23.7 Å². The summed E-state index contributed by atoms with van der Waals surface area (Å²) in [6.45, 7) is 0. The molecule has 0 aromatic heterocycles. The minimum absolute atomic E-state index is 0.338. The van der Waals surface area contributed by atoms with Gasteiger partial charge in [-0.25, -0.2) is 8.42 Å². The van der Waals surface area contributed by atoms with Crippen LogP contribution in [0, 0.1) is 23.7 Å². The average Bonchev–Trinajstić information content (AvgIpc) is 2.79. The lowest BCUT2D eigenvalue weighted by molar-refractivity contribution is 0.292. The first-order valence-electron chi connectivity index (χ1n) is 7.78. The van der Waals surface area contributed by atoms with Gasteiger partial charge in [-0.3, -0.25) is 0 Å². The highest BCUT2D eigenvalue weighted by atomic mass is 32.2. The number of sulfonamides is 1. The van der Waals surface area contributed by atoms with E-state index in [0.717, 1.165) is 11.8 Å². The molecular formula is C16H19NO2S. The second-order valence-electron chi connectivity index (χ2n) is 6.95. The summed E-state index contributed by atoms with van der Waals surface area (Å²) in [7, 11) is -3.25. The highest BCUT2D eigenvalue weighted by molar-refractivity contribution is 7.89. The Kier molecular flexibility index (Phi) is 2.15. The van der Waals surface area contributed by atoms with Crippen molar-refractivity contribution in [2.75, 3.05) is 0 Å². The molecule has 0 radical (unpaired) electrons. The Morgan fingerprint density at radius 1 is 0.900 bits per heavy atom. The summed E-state index contributed by atoms with van der Waals surface area (Å²) in [6.07, 6.45) is 5.35. The molecule has 0 spiro atoms. The van der Waals surface area contributed by atoms with Crippen LogP contribution in [-0.4, -0.2) is 24.8 Å². The molecule has 1 aliphatic heterocycles. The Morgan fingerprint density at radius 2 is 1.50 bits per heavy atom. The number of benzene rings is 1. The molecular weight excluding hydrogens is 270 g/mol. The predicted molar refractivity (Wildman–Crippen MR) is 75.5 cm³/mol. The van der Waals surface area contributed by atoms with Crippen molar-refractivity contribution in [3.8, 4) is 0 Å². The zero-order valence-electron chi connectivity index (χ0n) is 11.4. The zero-order chi connectivity index (χ0) is 13.5. The molecule has 6 atom stereocenters. The van der Waals surface area contributed by atoms with Gasteiger partial charge >= 0.3 is 0 Å². The Labute approximate surface area is 120 Å². The van der Waals surface area contributed by atoms with Crippen LogP contribution in [0.15, 0.2) is 35.2 Å². The van der Waals surface area contributed by atoms with Gasteiger partial charge < -0.3 is 0 Å². The molecule has 2 bridgehead atoms. The van der Waals surface area contributed by atoms with Crippen molar-refractivity contribution >= 4 is 10.0 Å². The van der Waals surface area contributed by atoms with Crippen molar-refractivity contribution in [1.82, 2.24) is 4.31 Å². The monoisotopic (exact) mass is 289 g/mol. The third-order valence-corrected chi connectivity index (χ3v) is 8.22. The first-order valence-corrected chi connectivity index (χ1v) is 9.22.